The van der Waals surface area contributed by atoms with Crippen molar-refractivity contribution in [3.8, 4) is 0 Å². The Bertz CT molecular complexity index is 561. The molecule has 5 heteroatoms. The summed E-state index contributed by atoms with van der Waals surface area (Å²) in [6.45, 7) is 10.7. The molecule has 2 aromatic rings. The van der Waals surface area contributed by atoms with Gasteiger partial charge in [-0.2, -0.15) is 5.10 Å². The molecule has 0 radical (unpaired) electrons. The first-order valence-corrected chi connectivity index (χ1v) is 7.73. The van der Waals surface area contributed by atoms with Crippen LogP contribution in [-0.4, -0.2) is 19.7 Å². The molecule has 0 saturated carbocycles. The van der Waals surface area contributed by atoms with Crippen molar-refractivity contribution in [3.05, 3.63) is 16.4 Å². The zero-order chi connectivity index (χ0) is 14.2. The second-order valence-electron chi connectivity index (χ2n) is 5.96. The van der Waals surface area contributed by atoms with Gasteiger partial charge in [-0.3, -0.25) is 0 Å². The maximum Gasteiger partial charge on any atom is 0.212 e. The second kappa shape index (κ2) is 5.21. The molecule has 0 aliphatic carbocycles. The first-order valence-electron chi connectivity index (χ1n) is 6.92. The summed E-state index contributed by atoms with van der Waals surface area (Å²) < 4.78 is 1.83. The molecular weight excluding hydrogens is 258 g/mol. The van der Waals surface area contributed by atoms with Crippen LogP contribution in [-0.2, 0) is 12.0 Å². The molecular formula is C14H23N3OS. The fourth-order valence-corrected chi connectivity index (χ4v) is 3.53. The maximum absolute atomic E-state index is 9.63. The van der Waals surface area contributed by atoms with Gasteiger partial charge in [0.05, 0.1) is 18.0 Å². The number of aromatic nitrogens is 3. The van der Waals surface area contributed by atoms with Crippen LogP contribution in [0.1, 0.15) is 69.8 Å². The van der Waals surface area contributed by atoms with Crippen molar-refractivity contribution in [1.82, 2.24) is 14.6 Å². The molecule has 1 N–H and O–H groups in total. The van der Waals surface area contributed by atoms with Gasteiger partial charge in [0.1, 0.15) is 5.01 Å². The summed E-state index contributed by atoms with van der Waals surface area (Å²) >= 11 is 1.65. The summed E-state index contributed by atoms with van der Waals surface area (Å²) in [7, 11) is 0. The maximum atomic E-state index is 9.63. The smallest absolute Gasteiger partial charge is 0.212 e. The predicted molar refractivity (Wildman–Crippen MR) is 78.8 cm³/mol. The van der Waals surface area contributed by atoms with Crippen molar-refractivity contribution >= 4 is 16.3 Å². The minimum absolute atomic E-state index is 0.0140. The van der Waals surface area contributed by atoms with Gasteiger partial charge in [-0.05, 0) is 12.8 Å². The summed E-state index contributed by atoms with van der Waals surface area (Å²) in [5.41, 5.74) is 1.71. The summed E-state index contributed by atoms with van der Waals surface area (Å²) in [6.07, 6.45) is 2.18. The van der Waals surface area contributed by atoms with Gasteiger partial charge in [-0.1, -0.05) is 46.0 Å². The van der Waals surface area contributed by atoms with Crippen LogP contribution < -0.4 is 0 Å². The highest BCUT2D eigenvalue weighted by molar-refractivity contribution is 7.16. The highest BCUT2D eigenvalue weighted by Crippen LogP contribution is 2.32. The van der Waals surface area contributed by atoms with Gasteiger partial charge in [-0.25, -0.2) is 9.50 Å². The van der Waals surface area contributed by atoms with E-state index in [4.69, 9.17) is 0 Å². The molecule has 0 unspecified atom stereocenters. The van der Waals surface area contributed by atoms with E-state index in [-0.39, 0.29) is 12.0 Å². The number of aliphatic hydroxyl groups is 1. The molecule has 19 heavy (non-hydrogen) atoms. The van der Waals surface area contributed by atoms with Crippen LogP contribution in [0.3, 0.4) is 0 Å². The molecule has 2 heterocycles. The number of hydrogen-bond acceptors (Lipinski definition) is 4. The number of imidazole rings is 1. The molecule has 0 bridgehead atoms. The molecule has 0 spiro atoms. The lowest BCUT2D eigenvalue weighted by molar-refractivity contribution is 0.270. The molecule has 106 valence electrons. The van der Waals surface area contributed by atoms with Gasteiger partial charge >= 0.3 is 0 Å². The summed E-state index contributed by atoms with van der Waals surface area (Å²) in [4.78, 5) is 5.58. The van der Waals surface area contributed by atoms with Crippen molar-refractivity contribution < 1.29 is 5.11 Å². The fraction of sp³-hybridized carbons (Fsp3) is 0.714. The van der Waals surface area contributed by atoms with Gasteiger partial charge in [0, 0.05) is 11.3 Å². The van der Waals surface area contributed by atoms with Crippen molar-refractivity contribution in [3.63, 3.8) is 0 Å². The molecule has 0 atom stereocenters. The van der Waals surface area contributed by atoms with E-state index >= 15 is 0 Å². The summed E-state index contributed by atoms with van der Waals surface area (Å²) in [5, 5.41) is 15.4. The van der Waals surface area contributed by atoms with Gasteiger partial charge in [-0.15, -0.1) is 0 Å². The number of nitrogens with zero attached hydrogens (tertiary/aromatic N) is 3. The SMILES string of the molecule is CCC(CC)c1nn2c(CO)c(C(C)(C)C)nc2s1. The molecule has 0 aromatic carbocycles. The molecule has 0 fully saturated rings. The third kappa shape index (κ3) is 2.54. The summed E-state index contributed by atoms with van der Waals surface area (Å²) in [5.74, 6) is 0.497. The molecule has 0 saturated heterocycles. The number of hydrogen-bond donors (Lipinski definition) is 1. The number of aliphatic hydroxyl groups excluding tert-OH is 1. The lowest BCUT2D eigenvalue weighted by Crippen LogP contribution is -2.15. The average Bonchev–Trinajstić information content (AvgIpc) is 2.86. The number of fused-ring (bicyclic) bond motifs is 1. The van der Waals surface area contributed by atoms with Crippen LogP contribution in [0.4, 0.5) is 0 Å². The second-order valence-corrected chi connectivity index (χ2v) is 6.95. The van der Waals surface area contributed by atoms with Gasteiger partial charge in [0.15, 0.2) is 0 Å². The van der Waals surface area contributed by atoms with E-state index in [0.717, 1.165) is 34.2 Å². The monoisotopic (exact) mass is 281 g/mol. The van der Waals surface area contributed by atoms with Crippen molar-refractivity contribution in [1.29, 1.82) is 0 Å². The Labute approximate surface area is 118 Å². The minimum Gasteiger partial charge on any atom is -0.390 e. The largest absolute Gasteiger partial charge is 0.390 e. The molecule has 0 aliphatic rings. The van der Waals surface area contributed by atoms with Crippen molar-refractivity contribution in [2.45, 2.75) is 65.4 Å². The van der Waals surface area contributed by atoms with E-state index in [9.17, 15) is 5.11 Å². The Kier molecular flexibility index (Phi) is 3.97. The number of rotatable bonds is 4. The van der Waals surface area contributed by atoms with Crippen LogP contribution in [0.2, 0.25) is 0 Å². The molecule has 2 rings (SSSR count). The van der Waals surface area contributed by atoms with Crippen LogP contribution in [0.5, 0.6) is 0 Å². The zero-order valence-electron chi connectivity index (χ0n) is 12.4. The summed E-state index contributed by atoms with van der Waals surface area (Å²) in [6, 6.07) is 0. The third-order valence-electron chi connectivity index (χ3n) is 3.51. The van der Waals surface area contributed by atoms with Gasteiger partial charge < -0.3 is 5.11 Å². The molecule has 2 aromatic heterocycles. The Morgan fingerprint density at radius 3 is 2.37 bits per heavy atom. The van der Waals surface area contributed by atoms with Gasteiger partial charge in [0.2, 0.25) is 4.96 Å². The molecule has 0 aliphatic heterocycles. The average molecular weight is 281 g/mol. The minimum atomic E-state index is -0.0689. The van der Waals surface area contributed by atoms with E-state index in [2.05, 4.69) is 44.7 Å². The van der Waals surface area contributed by atoms with E-state index in [1.807, 2.05) is 4.52 Å². The predicted octanol–water partition coefficient (Wildman–Crippen LogP) is 3.48. The van der Waals surface area contributed by atoms with E-state index in [0.29, 0.717) is 5.92 Å². The quantitative estimate of drug-likeness (QED) is 0.933. The first kappa shape index (κ1) is 14.5. The Morgan fingerprint density at radius 2 is 1.89 bits per heavy atom. The Balaban J connectivity index is 2.54. The van der Waals surface area contributed by atoms with Gasteiger partial charge in [0.25, 0.3) is 0 Å². The standard InChI is InChI=1S/C14H23N3OS/c1-6-9(7-2)12-16-17-10(8-18)11(14(3,4)5)15-13(17)19-12/h9,18H,6-8H2,1-5H3. The van der Waals surface area contributed by atoms with E-state index in [1.54, 1.807) is 11.3 Å². The highest BCUT2D eigenvalue weighted by atomic mass is 32.1. The lowest BCUT2D eigenvalue weighted by Gasteiger charge is -2.16. The zero-order valence-corrected chi connectivity index (χ0v) is 13.2. The van der Waals surface area contributed by atoms with Crippen LogP contribution in [0.15, 0.2) is 0 Å². The van der Waals surface area contributed by atoms with Crippen LogP contribution in [0, 0.1) is 0 Å². The molecule has 0 amide bonds. The van der Waals surface area contributed by atoms with E-state index in [1.165, 1.54) is 0 Å². The Hall–Kier alpha value is -0.940. The van der Waals surface area contributed by atoms with Crippen LogP contribution >= 0.6 is 11.3 Å². The Morgan fingerprint density at radius 1 is 1.26 bits per heavy atom. The normalized spacial score (nSPS) is 12.8. The van der Waals surface area contributed by atoms with Crippen LogP contribution in [0.25, 0.3) is 4.96 Å². The van der Waals surface area contributed by atoms with E-state index < -0.39 is 0 Å². The van der Waals surface area contributed by atoms with Crippen molar-refractivity contribution in [2.75, 3.05) is 0 Å². The highest BCUT2D eigenvalue weighted by Gasteiger charge is 2.26. The third-order valence-corrected chi connectivity index (χ3v) is 4.58. The lowest BCUT2D eigenvalue weighted by atomic mass is 9.91. The topological polar surface area (TPSA) is 50.4 Å². The molecule has 4 nitrogen and oxygen atoms in total. The van der Waals surface area contributed by atoms with Crippen molar-refractivity contribution in [2.24, 2.45) is 0 Å². The first-order chi connectivity index (χ1) is 8.92. The fourth-order valence-electron chi connectivity index (χ4n) is 2.35.